The fourth-order valence-electron chi connectivity index (χ4n) is 2.25. The zero-order valence-electron chi connectivity index (χ0n) is 14.4. The molecule has 0 saturated carbocycles. The highest BCUT2D eigenvalue weighted by Crippen LogP contribution is 2.09. The standard InChI is InChI=1S/C18H39NO/c1-4-6-7-8-9-10-11-12-13-15-20-16-14-19-17-18(3)5-2/h18-19H,4-17H2,1-3H3. The van der Waals surface area contributed by atoms with E-state index in [0.29, 0.717) is 0 Å². The Kier molecular flexibility index (Phi) is 16.9. The van der Waals surface area contributed by atoms with E-state index in [0.717, 1.165) is 32.2 Å². The maximum absolute atomic E-state index is 5.65. The van der Waals surface area contributed by atoms with Crippen molar-refractivity contribution in [2.75, 3.05) is 26.3 Å². The summed E-state index contributed by atoms with van der Waals surface area (Å²) in [4.78, 5) is 0. The Hall–Kier alpha value is -0.0800. The van der Waals surface area contributed by atoms with E-state index in [-0.39, 0.29) is 0 Å². The molecule has 0 aliphatic heterocycles. The van der Waals surface area contributed by atoms with Crippen molar-refractivity contribution in [1.29, 1.82) is 0 Å². The SMILES string of the molecule is CCCCCCCCCCCOCCNCC(C)CC. The molecule has 2 nitrogen and oxygen atoms in total. The van der Waals surface area contributed by atoms with Gasteiger partial charge in [0, 0.05) is 13.2 Å². The molecule has 20 heavy (non-hydrogen) atoms. The van der Waals surface area contributed by atoms with Gasteiger partial charge in [-0.2, -0.15) is 0 Å². The molecule has 0 aromatic heterocycles. The first-order valence-corrected chi connectivity index (χ1v) is 9.09. The number of rotatable bonds is 16. The van der Waals surface area contributed by atoms with Crippen LogP contribution in [0.25, 0.3) is 0 Å². The molecule has 0 heterocycles. The van der Waals surface area contributed by atoms with E-state index in [1.54, 1.807) is 0 Å². The van der Waals surface area contributed by atoms with Gasteiger partial charge in [-0.3, -0.25) is 0 Å². The zero-order chi connectivity index (χ0) is 14.9. The molecule has 2 heteroatoms. The molecule has 0 aliphatic rings. The molecule has 0 aliphatic carbocycles. The third-order valence-corrected chi connectivity index (χ3v) is 4.01. The molecule has 122 valence electrons. The highest BCUT2D eigenvalue weighted by molar-refractivity contribution is 4.54. The summed E-state index contributed by atoms with van der Waals surface area (Å²) in [6, 6.07) is 0. The first-order valence-electron chi connectivity index (χ1n) is 9.09. The van der Waals surface area contributed by atoms with Crippen molar-refractivity contribution in [3.8, 4) is 0 Å². The third kappa shape index (κ3) is 16.0. The third-order valence-electron chi connectivity index (χ3n) is 4.01. The number of ether oxygens (including phenoxy) is 1. The molecule has 0 radical (unpaired) electrons. The van der Waals surface area contributed by atoms with E-state index < -0.39 is 0 Å². The summed E-state index contributed by atoms with van der Waals surface area (Å²) in [5.41, 5.74) is 0. The van der Waals surface area contributed by atoms with E-state index in [2.05, 4.69) is 26.1 Å². The first-order chi connectivity index (χ1) is 9.81. The van der Waals surface area contributed by atoms with Crippen molar-refractivity contribution in [1.82, 2.24) is 5.32 Å². The molecule has 0 amide bonds. The van der Waals surface area contributed by atoms with Crippen LogP contribution in [0.5, 0.6) is 0 Å². The van der Waals surface area contributed by atoms with Crippen LogP contribution in [0.4, 0.5) is 0 Å². The van der Waals surface area contributed by atoms with Gasteiger partial charge in [-0.05, 0) is 18.9 Å². The highest BCUT2D eigenvalue weighted by atomic mass is 16.5. The zero-order valence-corrected chi connectivity index (χ0v) is 14.4. The summed E-state index contributed by atoms with van der Waals surface area (Å²) in [5, 5.41) is 3.45. The van der Waals surface area contributed by atoms with Crippen LogP contribution in [-0.2, 0) is 4.74 Å². The Labute approximate surface area is 128 Å². The van der Waals surface area contributed by atoms with Gasteiger partial charge in [-0.25, -0.2) is 0 Å². The minimum Gasteiger partial charge on any atom is -0.380 e. The lowest BCUT2D eigenvalue weighted by molar-refractivity contribution is 0.131. The van der Waals surface area contributed by atoms with Crippen LogP contribution in [0.2, 0.25) is 0 Å². The van der Waals surface area contributed by atoms with Crippen molar-refractivity contribution < 1.29 is 4.74 Å². The molecule has 0 fully saturated rings. The maximum Gasteiger partial charge on any atom is 0.0590 e. The quantitative estimate of drug-likeness (QED) is 0.395. The number of hydrogen-bond acceptors (Lipinski definition) is 2. The second-order valence-corrected chi connectivity index (χ2v) is 6.16. The fourth-order valence-corrected chi connectivity index (χ4v) is 2.25. The van der Waals surface area contributed by atoms with Gasteiger partial charge in [-0.15, -0.1) is 0 Å². The molecule has 1 N–H and O–H groups in total. The summed E-state index contributed by atoms with van der Waals surface area (Å²) >= 11 is 0. The normalized spacial score (nSPS) is 12.8. The van der Waals surface area contributed by atoms with Crippen LogP contribution in [0.1, 0.15) is 85.0 Å². The number of nitrogens with one attached hydrogen (secondary N) is 1. The van der Waals surface area contributed by atoms with Gasteiger partial charge in [0.25, 0.3) is 0 Å². The van der Waals surface area contributed by atoms with E-state index in [4.69, 9.17) is 4.74 Å². The lowest BCUT2D eigenvalue weighted by atomic mass is 10.1. The summed E-state index contributed by atoms with van der Waals surface area (Å²) in [6.07, 6.45) is 13.7. The molecule has 1 atom stereocenters. The average Bonchev–Trinajstić information content (AvgIpc) is 2.47. The molecule has 0 aromatic rings. The molecule has 0 saturated heterocycles. The smallest absolute Gasteiger partial charge is 0.0590 e. The van der Waals surface area contributed by atoms with Gasteiger partial charge in [0.2, 0.25) is 0 Å². The summed E-state index contributed by atoms with van der Waals surface area (Å²) in [7, 11) is 0. The molecule has 0 aromatic carbocycles. The molecule has 1 unspecified atom stereocenters. The minimum absolute atomic E-state index is 0.785. The average molecular weight is 286 g/mol. The van der Waals surface area contributed by atoms with Crippen molar-refractivity contribution in [2.45, 2.75) is 85.0 Å². The minimum atomic E-state index is 0.785. The Bertz CT molecular complexity index is 173. The maximum atomic E-state index is 5.65. The van der Waals surface area contributed by atoms with E-state index in [9.17, 15) is 0 Å². The van der Waals surface area contributed by atoms with Crippen molar-refractivity contribution >= 4 is 0 Å². The Balaban J connectivity index is 2.96. The lowest BCUT2D eigenvalue weighted by Gasteiger charge is -2.10. The number of unbranched alkanes of at least 4 members (excludes halogenated alkanes) is 8. The predicted molar refractivity (Wildman–Crippen MR) is 90.4 cm³/mol. The summed E-state index contributed by atoms with van der Waals surface area (Å²) < 4.78 is 5.65. The molecular weight excluding hydrogens is 246 g/mol. The highest BCUT2D eigenvalue weighted by Gasteiger charge is 1.97. The van der Waals surface area contributed by atoms with Crippen molar-refractivity contribution in [2.24, 2.45) is 5.92 Å². The van der Waals surface area contributed by atoms with Gasteiger partial charge >= 0.3 is 0 Å². The predicted octanol–water partition coefficient (Wildman–Crippen LogP) is 5.17. The lowest BCUT2D eigenvalue weighted by Crippen LogP contribution is -2.25. The van der Waals surface area contributed by atoms with Gasteiger partial charge < -0.3 is 10.1 Å². The summed E-state index contributed by atoms with van der Waals surface area (Å²) in [6.45, 7) is 10.7. The van der Waals surface area contributed by atoms with Crippen molar-refractivity contribution in [3.63, 3.8) is 0 Å². The van der Waals surface area contributed by atoms with E-state index >= 15 is 0 Å². The van der Waals surface area contributed by atoms with Crippen LogP contribution < -0.4 is 5.32 Å². The fraction of sp³-hybridized carbons (Fsp3) is 1.00. The second-order valence-electron chi connectivity index (χ2n) is 6.16. The molecule has 0 bridgehead atoms. The number of hydrogen-bond donors (Lipinski definition) is 1. The summed E-state index contributed by atoms with van der Waals surface area (Å²) in [5.74, 6) is 0.785. The molecule has 0 spiro atoms. The molecule has 0 rings (SSSR count). The van der Waals surface area contributed by atoms with Gasteiger partial charge in [0.15, 0.2) is 0 Å². The Morgan fingerprint density at radius 1 is 0.800 bits per heavy atom. The van der Waals surface area contributed by atoms with Gasteiger partial charge in [0.05, 0.1) is 6.61 Å². The van der Waals surface area contributed by atoms with Gasteiger partial charge in [0.1, 0.15) is 0 Å². The van der Waals surface area contributed by atoms with Crippen LogP contribution in [0, 0.1) is 5.92 Å². The van der Waals surface area contributed by atoms with Crippen LogP contribution in [0.3, 0.4) is 0 Å². The van der Waals surface area contributed by atoms with Crippen molar-refractivity contribution in [3.05, 3.63) is 0 Å². The Morgan fingerprint density at radius 3 is 2.00 bits per heavy atom. The van der Waals surface area contributed by atoms with E-state index in [1.807, 2.05) is 0 Å². The van der Waals surface area contributed by atoms with Crippen LogP contribution in [0.15, 0.2) is 0 Å². The van der Waals surface area contributed by atoms with E-state index in [1.165, 1.54) is 64.2 Å². The van der Waals surface area contributed by atoms with Gasteiger partial charge in [-0.1, -0.05) is 78.6 Å². The largest absolute Gasteiger partial charge is 0.380 e. The second kappa shape index (κ2) is 17.0. The van der Waals surface area contributed by atoms with Crippen LogP contribution in [-0.4, -0.2) is 26.3 Å². The first kappa shape index (κ1) is 19.9. The molecular formula is C18H39NO. The van der Waals surface area contributed by atoms with Crippen LogP contribution >= 0.6 is 0 Å². The topological polar surface area (TPSA) is 21.3 Å². The Morgan fingerprint density at radius 2 is 1.40 bits per heavy atom. The monoisotopic (exact) mass is 285 g/mol.